The molecule has 64 valence electrons. The second-order valence-corrected chi connectivity index (χ2v) is 3.17. The Labute approximate surface area is 71.6 Å². The van der Waals surface area contributed by atoms with E-state index in [1.807, 2.05) is 12.1 Å². The van der Waals surface area contributed by atoms with E-state index in [0.29, 0.717) is 0 Å². The van der Waals surface area contributed by atoms with Crippen LogP contribution < -0.4 is 5.32 Å². The Morgan fingerprint density at radius 1 is 1.50 bits per heavy atom. The minimum absolute atomic E-state index is 0.796. The van der Waals surface area contributed by atoms with Crippen molar-refractivity contribution in [1.29, 1.82) is 0 Å². The average molecular weight is 165 g/mol. The molecule has 0 radical (unpaired) electrons. The summed E-state index contributed by atoms with van der Waals surface area (Å²) in [7, 11) is 0. The first kappa shape index (κ1) is 7.59. The summed E-state index contributed by atoms with van der Waals surface area (Å²) in [5, 5.41) is 3.21. The fourth-order valence-corrected chi connectivity index (χ4v) is 1.70. The minimum Gasteiger partial charge on any atom is -0.384 e. The molecule has 1 aromatic rings. The zero-order valence-electron chi connectivity index (χ0n) is 7.10. The van der Waals surface area contributed by atoms with E-state index < -0.39 is 6.17 Å². The third-order valence-corrected chi connectivity index (χ3v) is 2.31. The fraction of sp³-hybridized carbons (Fsp3) is 0.400. The lowest BCUT2D eigenvalue weighted by atomic mass is 10.1. The minimum atomic E-state index is -0.870. The van der Waals surface area contributed by atoms with Gasteiger partial charge >= 0.3 is 0 Å². The third-order valence-electron chi connectivity index (χ3n) is 2.31. The van der Waals surface area contributed by atoms with Crippen LogP contribution in [0, 0.1) is 0 Å². The highest BCUT2D eigenvalue weighted by Gasteiger charge is 2.16. The fourth-order valence-electron chi connectivity index (χ4n) is 1.70. The highest BCUT2D eigenvalue weighted by atomic mass is 19.1. The van der Waals surface area contributed by atoms with Crippen LogP contribution in [0.5, 0.6) is 0 Å². The molecule has 1 aliphatic rings. The van der Waals surface area contributed by atoms with Crippen molar-refractivity contribution >= 4 is 5.69 Å². The van der Waals surface area contributed by atoms with Gasteiger partial charge in [0.2, 0.25) is 0 Å². The van der Waals surface area contributed by atoms with Crippen LogP contribution in [0.3, 0.4) is 0 Å². The summed E-state index contributed by atoms with van der Waals surface area (Å²) in [5.74, 6) is 0. The van der Waals surface area contributed by atoms with Crippen molar-refractivity contribution < 1.29 is 4.39 Å². The molecule has 1 unspecified atom stereocenters. The van der Waals surface area contributed by atoms with Gasteiger partial charge in [0, 0.05) is 17.8 Å². The predicted octanol–water partition coefficient (Wildman–Crippen LogP) is 2.69. The van der Waals surface area contributed by atoms with Crippen molar-refractivity contribution in [2.45, 2.75) is 19.5 Å². The summed E-state index contributed by atoms with van der Waals surface area (Å²) in [5.41, 5.74) is 3.06. The highest BCUT2D eigenvalue weighted by Crippen LogP contribution is 2.31. The van der Waals surface area contributed by atoms with Gasteiger partial charge in [-0.2, -0.15) is 0 Å². The summed E-state index contributed by atoms with van der Waals surface area (Å²) in [6, 6.07) is 5.83. The van der Waals surface area contributed by atoms with Crippen molar-refractivity contribution in [2.24, 2.45) is 0 Å². The Bertz CT molecular complexity index is 294. The Balaban J connectivity index is 2.49. The number of alkyl halides is 1. The molecule has 12 heavy (non-hydrogen) atoms. The van der Waals surface area contributed by atoms with Crippen molar-refractivity contribution in [3.63, 3.8) is 0 Å². The number of benzene rings is 1. The Kier molecular flexibility index (Phi) is 1.75. The second-order valence-electron chi connectivity index (χ2n) is 3.17. The molecule has 1 heterocycles. The normalized spacial score (nSPS) is 16.8. The van der Waals surface area contributed by atoms with E-state index in [-0.39, 0.29) is 0 Å². The molecule has 2 heteroatoms. The zero-order valence-corrected chi connectivity index (χ0v) is 7.10. The molecular formula is C10H12FN. The van der Waals surface area contributed by atoms with Gasteiger partial charge in [0.25, 0.3) is 0 Å². The summed E-state index contributed by atoms with van der Waals surface area (Å²) in [6.45, 7) is 2.52. The molecule has 0 saturated heterocycles. The first-order valence-corrected chi connectivity index (χ1v) is 4.29. The first-order valence-electron chi connectivity index (χ1n) is 4.29. The Hall–Kier alpha value is -1.05. The maximum atomic E-state index is 13.0. The SMILES string of the molecule is CC(F)c1cccc2c1NCC2. The van der Waals surface area contributed by atoms with Gasteiger partial charge < -0.3 is 5.32 Å². The van der Waals surface area contributed by atoms with Gasteiger partial charge in [0.05, 0.1) is 0 Å². The maximum absolute atomic E-state index is 13.0. The molecule has 0 spiro atoms. The topological polar surface area (TPSA) is 12.0 Å². The van der Waals surface area contributed by atoms with Gasteiger partial charge in [0.15, 0.2) is 0 Å². The van der Waals surface area contributed by atoms with Gasteiger partial charge in [-0.15, -0.1) is 0 Å². The van der Waals surface area contributed by atoms with Crippen LogP contribution in [0.2, 0.25) is 0 Å². The lowest BCUT2D eigenvalue weighted by molar-refractivity contribution is 0.375. The third kappa shape index (κ3) is 1.07. The molecule has 1 N–H and O–H groups in total. The molecule has 1 nitrogen and oxygen atoms in total. The summed E-state index contributed by atoms with van der Waals surface area (Å²) < 4.78 is 13.0. The Morgan fingerprint density at radius 2 is 2.33 bits per heavy atom. The van der Waals surface area contributed by atoms with Gasteiger partial charge in [-0.1, -0.05) is 18.2 Å². The predicted molar refractivity (Wildman–Crippen MR) is 48.2 cm³/mol. The number of fused-ring (bicyclic) bond motifs is 1. The van der Waals surface area contributed by atoms with Crippen molar-refractivity contribution in [3.05, 3.63) is 29.3 Å². The van der Waals surface area contributed by atoms with Crippen molar-refractivity contribution in [1.82, 2.24) is 0 Å². The maximum Gasteiger partial charge on any atom is 0.124 e. The van der Waals surface area contributed by atoms with Crippen molar-refractivity contribution in [2.75, 3.05) is 11.9 Å². The number of para-hydroxylation sites is 1. The zero-order chi connectivity index (χ0) is 8.55. The van der Waals surface area contributed by atoms with E-state index >= 15 is 0 Å². The molecule has 1 atom stereocenters. The number of halogens is 1. The first-order chi connectivity index (χ1) is 5.79. The molecule has 0 bridgehead atoms. The molecule has 0 saturated carbocycles. The van der Waals surface area contributed by atoms with Gasteiger partial charge in [-0.3, -0.25) is 0 Å². The lowest BCUT2D eigenvalue weighted by Gasteiger charge is -2.08. The van der Waals surface area contributed by atoms with E-state index in [4.69, 9.17) is 0 Å². The van der Waals surface area contributed by atoms with E-state index in [2.05, 4.69) is 11.4 Å². The quantitative estimate of drug-likeness (QED) is 0.674. The average Bonchev–Trinajstić information content (AvgIpc) is 2.49. The van der Waals surface area contributed by atoms with Gasteiger partial charge in [0.1, 0.15) is 6.17 Å². The molecule has 1 aromatic carbocycles. The second kappa shape index (κ2) is 2.77. The monoisotopic (exact) mass is 165 g/mol. The molecule has 0 amide bonds. The van der Waals surface area contributed by atoms with Crippen LogP contribution in [0.25, 0.3) is 0 Å². The number of rotatable bonds is 1. The molecule has 0 aromatic heterocycles. The van der Waals surface area contributed by atoms with Gasteiger partial charge in [-0.25, -0.2) is 4.39 Å². The molecule has 2 rings (SSSR count). The van der Waals surface area contributed by atoms with Crippen LogP contribution in [0.1, 0.15) is 24.2 Å². The number of nitrogens with one attached hydrogen (secondary N) is 1. The van der Waals surface area contributed by atoms with Crippen molar-refractivity contribution in [3.8, 4) is 0 Å². The number of anilines is 1. The molecule has 1 aliphatic heterocycles. The standard InChI is InChI=1S/C10H12FN/c1-7(11)9-4-2-3-8-5-6-12-10(8)9/h2-4,7,12H,5-6H2,1H3. The summed E-state index contributed by atoms with van der Waals surface area (Å²) >= 11 is 0. The van der Waals surface area contributed by atoms with Crippen LogP contribution in [0.4, 0.5) is 10.1 Å². The Morgan fingerprint density at radius 3 is 3.08 bits per heavy atom. The largest absolute Gasteiger partial charge is 0.384 e. The van der Waals surface area contributed by atoms with Crippen LogP contribution in [-0.4, -0.2) is 6.54 Å². The van der Waals surface area contributed by atoms with Crippen LogP contribution in [0.15, 0.2) is 18.2 Å². The smallest absolute Gasteiger partial charge is 0.124 e. The van der Waals surface area contributed by atoms with E-state index in [9.17, 15) is 4.39 Å². The number of hydrogen-bond donors (Lipinski definition) is 1. The molecule has 0 aliphatic carbocycles. The molecular weight excluding hydrogens is 153 g/mol. The van der Waals surface area contributed by atoms with Crippen LogP contribution >= 0.6 is 0 Å². The molecule has 0 fully saturated rings. The van der Waals surface area contributed by atoms with E-state index in [1.165, 1.54) is 5.56 Å². The van der Waals surface area contributed by atoms with Gasteiger partial charge in [-0.05, 0) is 18.9 Å². The summed E-state index contributed by atoms with van der Waals surface area (Å²) in [6.07, 6.45) is 0.154. The number of hydrogen-bond acceptors (Lipinski definition) is 1. The van der Waals surface area contributed by atoms with E-state index in [0.717, 1.165) is 24.2 Å². The lowest BCUT2D eigenvalue weighted by Crippen LogP contribution is -1.96. The van der Waals surface area contributed by atoms with Crippen LogP contribution in [-0.2, 0) is 6.42 Å². The summed E-state index contributed by atoms with van der Waals surface area (Å²) in [4.78, 5) is 0. The highest BCUT2D eigenvalue weighted by molar-refractivity contribution is 5.61. The van der Waals surface area contributed by atoms with E-state index in [1.54, 1.807) is 6.92 Å².